The van der Waals surface area contributed by atoms with Crippen molar-refractivity contribution in [1.29, 1.82) is 0 Å². The number of benzene rings is 2. The summed E-state index contributed by atoms with van der Waals surface area (Å²) in [7, 11) is -3.85. The Morgan fingerprint density at radius 2 is 2.03 bits per heavy atom. The number of nitrogens with two attached hydrogens (primary N) is 1. The van der Waals surface area contributed by atoms with E-state index in [1.165, 1.54) is 0 Å². The van der Waals surface area contributed by atoms with Crippen molar-refractivity contribution in [1.82, 2.24) is 9.88 Å². The van der Waals surface area contributed by atoms with E-state index in [0.717, 1.165) is 23.7 Å². The molecule has 0 radical (unpaired) electrons. The number of nitrogens with zero attached hydrogens (tertiary/aromatic N) is 3. The van der Waals surface area contributed by atoms with Crippen LogP contribution in [0.3, 0.4) is 0 Å². The normalized spacial score (nSPS) is 19.3. The number of amides is 1. The molecule has 3 N–H and O–H groups in total. The van der Waals surface area contributed by atoms with Gasteiger partial charge >= 0.3 is 10.2 Å². The van der Waals surface area contributed by atoms with Crippen molar-refractivity contribution in [2.24, 2.45) is 16.0 Å². The van der Waals surface area contributed by atoms with E-state index in [4.69, 9.17) is 10.5 Å². The minimum Gasteiger partial charge on any atom is -0.492 e. The van der Waals surface area contributed by atoms with E-state index in [1.54, 1.807) is 30.5 Å². The molecule has 1 aromatic heterocycles. The number of ether oxygens (including phenoxy) is 1. The minimum atomic E-state index is -3.85. The molecule has 2 aromatic carbocycles. The molecular weight excluding hydrogens is 442 g/mol. The molecule has 2 aliphatic heterocycles. The van der Waals surface area contributed by atoms with E-state index in [2.05, 4.69) is 14.1 Å². The Hall–Kier alpha value is -3.66. The van der Waals surface area contributed by atoms with Gasteiger partial charge in [-0.05, 0) is 37.1 Å². The van der Waals surface area contributed by atoms with Crippen molar-refractivity contribution in [2.45, 2.75) is 12.8 Å². The molecule has 1 unspecified atom stereocenters. The highest BCUT2D eigenvalue weighted by Gasteiger charge is 2.28. The Kier molecular flexibility index (Phi) is 5.37. The largest absolute Gasteiger partial charge is 0.492 e. The number of hydrogen-bond donors (Lipinski definition) is 2. The number of amidine groups is 1. The second-order valence-electron chi connectivity index (χ2n) is 8.18. The molecule has 3 heterocycles. The van der Waals surface area contributed by atoms with Gasteiger partial charge in [0, 0.05) is 30.6 Å². The second-order valence-corrected chi connectivity index (χ2v) is 9.52. The first kappa shape index (κ1) is 21.2. The second kappa shape index (κ2) is 8.36. The Labute approximate surface area is 191 Å². The van der Waals surface area contributed by atoms with Gasteiger partial charge in [0.05, 0.1) is 28.9 Å². The number of fused-ring (bicyclic) bond motifs is 2. The summed E-state index contributed by atoms with van der Waals surface area (Å²) in [5, 5.41) is 0.844. The quantitative estimate of drug-likeness (QED) is 0.610. The molecule has 0 spiro atoms. The van der Waals surface area contributed by atoms with Crippen LogP contribution in [0.4, 0.5) is 5.69 Å². The molecule has 1 atom stereocenters. The Balaban J connectivity index is 1.31. The standard InChI is InChI=1S/C23H23N5O4S/c24-22-21-19(26-33(30,31)27-22)8-3-9-20(21)32-14-15-5-4-12-28(13-15)23(29)17-10-11-25-18-7-2-1-6-16(17)18/h1-3,6-11,15,26H,4-5,12-14H2,(H2,24,27). The number of nitrogens with one attached hydrogen (secondary N) is 1. The zero-order chi connectivity index (χ0) is 23.0. The van der Waals surface area contributed by atoms with Gasteiger partial charge in [0.2, 0.25) is 0 Å². The van der Waals surface area contributed by atoms with Crippen LogP contribution < -0.4 is 15.2 Å². The lowest BCUT2D eigenvalue weighted by Gasteiger charge is -2.33. The van der Waals surface area contributed by atoms with Gasteiger partial charge in [-0.2, -0.15) is 8.42 Å². The van der Waals surface area contributed by atoms with Crippen molar-refractivity contribution in [3.05, 3.63) is 65.9 Å². The van der Waals surface area contributed by atoms with Crippen LogP contribution in [-0.4, -0.2) is 49.7 Å². The highest BCUT2D eigenvalue weighted by molar-refractivity contribution is 7.91. The van der Waals surface area contributed by atoms with Gasteiger partial charge in [-0.3, -0.25) is 14.5 Å². The third kappa shape index (κ3) is 4.21. The van der Waals surface area contributed by atoms with Gasteiger partial charge in [0.15, 0.2) is 5.84 Å². The zero-order valence-corrected chi connectivity index (χ0v) is 18.6. The van der Waals surface area contributed by atoms with Crippen LogP contribution in [0.25, 0.3) is 10.9 Å². The topological polar surface area (TPSA) is 127 Å². The summed E-state index contributed by atoms with van der Waals surface area (Å²) in [5.74, 6) is 0.468. The van der Waals surface area contributed by atoms with Crippen LogP contribution in [0.15, 0.2) is 59.1 Å². The molecule has 2 aliphatic rings. The predicted octanol–water partition coefficient (Wildman–Crippen LogP) is 2.54. The van der Waals surface area contributed by atoms with Gasteiger partial charge in [0.1, 0.15) is 5.75 Å². The van der Waals surface area contributed by atoms with Crippen LogP contribution in [-0.2, 0) is 10.2 Å². The van der Waals surface area contributed by atoms with Crippen LogP contribution >= 0.6 is 0 Å². The molecule has 0 bridgehead atoms. The summed E-state index contributed by atoms with van der Waals surface area (Å²) in [6, 6.07) is 14.4. The van der Waals surface area contributed by atoms with Gasteiger partial charge in [-0.1, -0.05) is 24.3 Å². The molecule has 1 amide bonds. The number of likely N-dealkylation sites (tertiary alicyclic amines) is 1. The summed E-state index contributed by atoms with van der Waals surface area (Å²) in [6.45, 7) is 1.63. The average molecular weight is 466 g/mol. The molecule has 0 saturated carbocycles. The monoisotopic (exact) mass is 465 g/mol. The highest BCUT2D eigenvalue weighted by atomic mass is 32.2. The van der Waals surface area contributed by atoms with Gasteiger partial charge in [-0.25, -0.2) is 0 Å². The first-order valence-corrected chi connectivity index (χ1v) is 12.1. The lowest BCUT2D eigenvalue weighted by Crippen LogP contribution is -2.41. The zero-order valence-electron chi connectivity index (χ0n) is 17.8. The van der Waals surface area contributed by atoms with Crippen molar-refractivity contribution in [3.8, 4) is 5.75 Å². The molecule has 10 heteroatoms. The molecule has 1 saturated heterocycles. The number of carbonyl (C=O) groups excluding carboxylic acids is 1. The molecule has 9 nitrogen and oxygen atoms in total. The Morgan fingerprint density at radius 1 is 1.18 bits per heavy atom. The number of rotatable bonds is 4. The number of hydrogen-bond acceptors (Lipinski definition) is 6. The van der Waals surface area contributed by atoms with Crippen molar-refractivity contribution in [3.63, 3.8) is 0 Å². The molecule has 170 valence electrons. The average Bonchev–Trinajstić information content (AvgIpc) is 2.81. The molecule has 33 heavy (non-hydrogen) atoms. The maximum absolute atomic E-state index is 13.3. The summed E-state index contributed by atoms with van der Waals surface area (Å²) >= 11 is 0. The van der Waals surface area contributed by atoms with Crippen LogP contribution in [0.2, 0.25) is 0 Å². The minimum absolute atomic E-state index is 0.0128. The smallest absolute Gasteiger partial charge is 0.344 e. The van der Waals surface area contributed by atoms with E-state index in [9.17, 15) is 13.2 Å². The van der Waals surface area contributed by atoms with Crippen molar-refractivity contribution >= 4 is 38.5 Å². The summed E-state index contributed by atoms with van der Waals surface area (Å²) in [6.07, 6.45) is 3.46. The van der Waals surface area contributed by atoms with E-state index in [-0.39, 0.29) is 17.7 Å². The molecule has 1 fully saturated rings. The first-order valence-electron chi connectivity index (χ1n) is 10.7. The lowest BCUT2D eigenvalue weighted by molar-refractivity contribution is 0.0635. The Bertz CT molecular complexity index is 1370. The van der Waals surface area contributed by atoms with Crippen LogP contribution in [0.5, 0.6) is 5.75 Å². The van der Waals surface area contributed by atoms with E-state index in [0.29, 0.717) is 42.3 Å². The van der Waals surface area contributed by atoms with Gasteiger partial charge in [0.25, 0.3) is 5.91 Å². The fourth-order valence-corrected chi connectivity index (χ4v) is 5.23. The Morgan fingerprint density at radius 3 is 2.91 bits per heavy atom. The fourth-order valence-electron chi connectivity index (χ4n) is 4.38. The third-order valence-corrected chi connectivity index (χ3v) is 6.81. The van der Waals surface area contributed by atoms with Crippen LogP contribution in [0.1, 0.15) is 28.8 Å². The highest BCUT2D eigenvalue weighted by Crippen LogP contribution is 2.31. The van der Waals surface area contributed by atoms with Crippen molar-refractivity contribution in [2.75, 3.05) is 24.4 Å². The van der Waals surface area contributed by atoms with Crippen molar-refractivity contribution < 1.29 is 17.9 Å². The fraction of sp³-hybridized carbons (Fsp3) is 0.261. The van der Waals surface area contributed by atoms with E-state index in [1.807, 2.05) is 29.2 Å². The summed E-state index contributed by atoms with van der Waals surface area (Å²) in [4.78, 5) is 19.5. The molecule has 3 aromatic rings. The van der Waals surface area contributed by atoms with E-state index < -0.39 is 10.2 Å². The molecule has 0 aliphatic carbocycles. The third-order valence-electron chi connectivity index (χ3n) is 5.90. The number of para-hydroxylation sites is 1. The molecular formula is C23H23N5O4S. The maximum atomic E-state index is 13.3. The van der Waals surface area contributed by atoms with Crippen LogP contribution in [0, 0.1) is 5.92 Å². The van der Waals surface area contributed by atoms with E-state index >= 15 is 0 Å². The predicted molar refractivity (Wildman–Crippen MR) is 126 cm³/mol. The summed E-state index contributed by atoms with van der Waals surface area (Å²) < 4.78 is 35.5. The maximum Gasteiger partial charge on any atom is 0.344 e. The van der Waals surface area contributed by atoms with Gasteiger partial charge in [-0.15, -0.1) is 4.40 Å². The summed E-state index contributed by atoms with van der Waals surface area (Å²) in [5.41, 5.74) is 8.11. The number of carbonyl (C=O) groups is 1. The van der Waals surface area contributed by atoms with Gasteiger partial charge < -0.3 is 15.4 Å². The lowest BCUT2D eigenvalue weighted by atomic mass is 9.97. The number of aromatic nitrogens is 1. The number of piperidine rings is 1. The number of pyridine rings is 1. The SMILES string of the molecule is NC1=NS(=O)(=O)Nc2cccc(OCC3CCCN(C(=O)c4ccnc5ccccc45)C3)c21. The number of anilines is 1. The first-order chi connectivity index (χ1) is 15.9. The molecule has 5 rings (SSSR count).